The highest BCUT2D eigenvalue weighted by Crippen LogP contribution is 2.29. The maximum atomic E-state index is 9.10. The lowest BCUT2D eigenvalue weighted by Crippen LogP contribution is -2.42. The summed E-state index contributed by atoms with van der Waals surface area (Å²) in [5, 5.41) is 18.4. The molecule has 1 aliphatic carbocycles. The Bertz CT molecular complexity index is 216. The van der Waals surface area contributed by atoms with E-state index in [4.69, 9.17) is 19.8 Å². The quantitative estimate of drug-likeness (QED) is 0.541. The molecule has 2 unspecified atom stereocenters. The van der Waals surface area contributed by atoms with Crippen molar-refractivity contribution in [3.05, 3.63) is 0 Å². The van der Waals surface area contributed by atoms with Crippen LogP contribution in [0.5, 0.6) is 0 Å². The van der Waals surface area contributed by atoms with E-state index in [0.717, 1.165) is 12.0 Å². The molecule has 2 atom stereocenters. The summed E-state index contributed by atoms with van der Waals surface area (Å²) in [6.45, 7) is 1.28. The highest BCUT2D eigenvalue weighted by molar-refractivity contribution is 6.27. The maximum absolute atomic E-state index is 9.10. The summed E-state index contributed by atoms with van der Waals surface area (Å²) in [4.78, 5) is 18.2. The minimum Gasteiger partial charge on any atom is -0.473 e. The van der Waals surface area contributed by atoms with Crippen molar-refractivity contribution >= 4 is 11.9 Å². The zero-order chi connectivity index (χ0) is 12.0. The van der Waals surface area contributed by atoms with Crippen LogP contribution in [0, 0.1) is 5.92 Å². The van der Waals surface area contributed by atoms with Crippen LogP contribution in [0.3, 0.4) is 0 Å². The summed E-state index contributed by atoms with van der Waals surface area (Å²) in [6.07, 6.45) is 8.82. The Morgan fingerprint density at radius 3 is 2.06 bits per heavy atom. The van der Waals surface area contributed by atoms with E-state index in [1.807, 2.05) is 0 Å². The Morgan fingerprint density at radius 1 is 0.938 bits per heavy atom. The van der Waals surface area contributed by atoms with Gasteiger partial charge >= 0.3 is 11.9 Å². The first-order valence-electron chi connectivity index (χ1n) is 5.81. The van der Waals surface area contributed by atoms with Crippen LogP contribution in [0.15, 0.2) is 0 Å². The molecule has 2 aliphatic rings. The summed E-state index contributed by atoms with van der Waals surface area (Å²) in [7, 11) is 0. The first-order valence-corrected chi connectivity index (χ1v) is 5.81. The van der Waals surface area contributed by atoms with Gasteiger partial charge in [-0.3, -0.25) is 0 Å². The van der Waals surface area contributed by atoms with Gasteiger partial charge in [-0.05, 0) is 38.1 Å². The van der Waals surface area contributed by atoms with E-state index in [9.17, 15) is 0 Å². The summed E-state index contributed by atoms with van der Waals surface area (Å²) < 4.78 is 0. The third kappa shape index (κ3) is 4.18. The van der Waals surface area contributed by atoms with Crippen molar-refractivity contribution in [1.82, 2.24) is 5.32 Å². The van der Waals surface area contributed by atoms with Gasteiger partial charge in [-0.1, -0.05) is 12.8 Å². The highest BCUT2D eigenvalue weighted by atomic mass is 16.4. The molecule has 0 amide bonds. The van der Waals surface area contributed by atoms with Crippen LogP contribution >= 0.6 is 0 Å². The molecule has 0 bridgehead atoms. The average Bonchev–Trinajstić information content (AvgIpc) is 2.30. The van der Waals surface area contributed by atoms with Crippen molar-refractivity contribution in [1.29, 1.82) is 0 Å². The Morgan fingerprint density at radius 2 is 1.50 bits per heavy atom. The predicted molar refractivity (Wildman–Crippen MR) is 58.3 cm³/mol. The number of fused-ring (bicyclic) bond motifs is 1. The van der Waals surface area contributed by atoms with E-state index < -0.39 is 11.9 Å². The third-order valence-electron chi connectivity index (χ3n) is 3.25. The number of carboxylic acid groups (broad SMARTS) is 2. The second-order valence-electron chi connectivity index (χ2n) is 4.36. The molecule has 2 fully saturated rings. The second kappa shape index (κ2) is 6.48. The summed E-state index contributed by atoms with van der Waals surface area (Å²) in [5.41, 5.74) is 0. The van der Waals surface area contributed by atoms with Gasteiger partial charge in [0.05, 0.1) is 0 Å². The number of carbonyl (C=O) groups is 2. The minimum absolute atomic E-state index is 0.905. The predicted octanol–water partition coefficient (Wildman–Crippen LogP) is 1.08. The molecule has 92 valence electrons. The van der Waals surface area contributed by atoms with Crippen LogP contribution in [0.25, 0.3) is 0 Å². The minimum atomic E-state index is -1.82. The monoisotopic (exact) mass is 229 g/mol. The topological polar surface area (TPSA) is 86.6 Å². The molecule has 0 radical (unpaired) electrons. The van der Waals surface area contributed by atoms with Crippen molar-refractivity contribution in [2.24, 2.45) is 5.92 Å². The van der Waals surface area contributed by atoms with Crippen LogP contribution in [-0.2, 0) is 9.59 Å². The van der Waals surface area contributed by atoms with Gasteiger partial charge in [0, 0.05) is 6.04 Å². The van der Waals surface area contributed by atoms with Gasteiger partial charge in [-0.25, -0.2) is 9.59 Å². The average molecular weight is 229 g/mol. The van der Waals surface area contributed by atoms with Crippen LogP contribution in [0.2, 0.25) is 0 Å². The Hall–Kier alpha value is -1.10. The van der Waals surface area contributed by atoms with Gasteiger partial charge in [-0.15, -0.1) is 0 Å². The molecule has 1 heterocycles. The number of hydrogen-bond donors (Lipinski definition) is 3. The Balaban J connectivity index is 0.000000187. The lowest BCUT2D eigenvalue weighted by molar-refractivity contribution is -0.159. The normalized spacial score (nSPS) is 28.2. The molecule has 1 saturated heterocycles. The fourth-order valence-electron chi connectivity index (χ4n) is 2.47. The van der Waals surface area contributed by atoms with Gasteiger partial charge in [0.1, 0.15) is 0 Å². The van der Waals surface area contributed by atoms with Crippen LogP contribution in [0.1, 0.15) is 38.5 Å². The lowest BCUT2D eigenvalue weighted by atomic mass is 9.80. The molecule has 2 rings (SSSR count). The largest absolute Gasteiger partial charge is 0.473 e. The molecule has 0 aromatic carbocycles. The fourth-order valence-corrected chi connectivity index (χ4v) is 2.47. The van der Waals surface area contributed by atoms with E-state index in [1.165, 1.54) is 45.1 Å². The van der Waals surface area contributed by atoms with Crippen molar-refractivity contribution in [2.75, 3.05) is 6.54 Å². The summed E-state index contributed by atoms with van der Waals surface area (Å²) >= 11 is 0. The van der Waals surface area contributed by atoms with Gasteiger partial charge in [0.2, 0.25) is 0 Å². The molecule has 3 N–H and O–H groups in total. The molecule has 0 aromatic heterocycles. The van der Waals surface area contributed by atoms with Gasteiger partial charge < -0.3 is 15.5 Å². The number of aliphatic carboxylic acids is 2. The summed E-state index contributed by atoms with van der Waals surface area (Å²) in [6, 6.07) is 0.905. The van der Waals surface area contributed by atoms with E-state index >= 15 is 0 Å². The SMILES string of the molecule is C1CCC2NCCCC2C1.O=C(O)C(=O)O. The smallest absolute Gasteiger partial charge is 0.414 e. The van der Waals surface area contributed by atoms with E-state index in [0.29, 0.717) is 0 Å². The van der Waals surface area contributed by atoms with Crippen LogP contribution < -0.4 is 5.32 Å². The summed E-state index contributed by atoms with van der Waals surface area (Å²) in [5.74, 6) is -2.60. The molecule has 5 nitrogen and oxygen atoms in total. The zero-order valence-corrected chi connectivity index (χ0v) is 9.32. The first-order chi connectivity index (χ1) is 7.61. The Labute approximate surface area is 94.8 Å². The lowest BCUT2D eigenvalue weighted by Gasteiger charge is -2.36. The van der Waals surface area contributed by atoms with E-state index in [1.54, 1.807) is 0 Å². The third-order valence-corrected chi connectivity index (χ3v) is 3.25. The van der Waals surface area contributed by atoms with Crippen LogP contribution in [0.4, 0.5) is 0 Å². The zero-order valence-electron chi connectivity index (χ0n) is 9.32. The molecule has 0 spiro atoms. The molecule has 1 saturated carbocycles. The maximum Gasteiger partial charge on any atom is 0.414 e. The van der Waals surface area contributed by atoms with Crippen molar-refractivity contribution in [2.45, 2.75) is 44.6 Å². The van der Waals surface area contributed by atoms with Gasteiger partial charge in [0.25, 0.3) is 0 Å². The molecular formula is C11H19NO4. The molecule has 16 heavy (non-hydrogen) atoms. The first kappa shape index (κ1) is 13.0. The van der Waals surface area contributed by atoms with Gasteiger partial charge in [-0.2, -0.15) is 0 Å². The molecule has 1 aliphatic heterocycles. The van der Waals surface area contributed by atoms with Gasteiger partial charge in [0.15, 0.2) is 0 Å². The number of nitrogens with one attached hydrogen (secondary N) is 1. The molecular weight excluding hydrogens is 210 g/mol. The standard InChI is InChI=1S/C9H17N.C2H2O4/c1-2-6-9-8(4-1)5-3-7-10-9;3-1(4)2(5)6/h8-10H,1-7H2;(H,3,4)(H,5,6). The number of carboxylic acids is 2. The second-order valence-corrected chi connectivity index (χ2v) is 4.36. The van der Waals surface area contributed by atoms with Crippen molar-refractivity contribution < 1.29 is 19.8 Å². The number of piperidine rings is 1. The van der Waals surface area contributed by atoms with Crippen molar-refractivity contribution in [3.8, 4) is 0 Å². The number of hydrogen-bond acceptors (Lipinski definition) is 3. The molecule has 5 heteroatoms. The van der Waals surface area contributed by atoms with Crippen molar-refractivity contribution in [3.63, 3.8) is 0 Å². The molecule has 0 aromatic rings. The van der Waals surface area contributed by atoms with E-state index in [-0.39, 0.29) is 0 Å². The van der Waals surface area contributed by atoms with Crippen LogP contribution in [-0.4, -0.2) is 34.7 Å². The highest BCUT2D eigenvalue weighted by Gasteiger charge is 2.26. The number of rotatable bonds is 0. The fraction of sp³-hybridized carbons (Fsp3) is 0.818. The van der Waals surface area contributed by atoms with E-state index in [2.05, 4.69) is 5.32 Å². The Kier molecular flexibility index (Phi) is 5.25.